The summed E-state index contributed by atoms with van der Waals surface area (Å²) < 4.78 is 3.45. The largest absolute Gasteiger partial charge is 0.391 e. The van der Waals surface area contributed by atoms with Gasteiger partial charge in [0.05, 0.1) is 30.1 Å². The van der Waals surface area contributed by atoms with E-state index in [4.69, 9.17) is 0 Å². The van der Waals surface area contributed by atoms with Crippen LogP contribution in [0.2, 0.25) is 0 Å². The Hall–Kier alpha value is -3.52. The number of nitrogens with zero attached hydrogens (tertiary/aromatic N) is 5. The molecule has 0 aliphatic heterocycles. The van der Waals surface area contributed by atoms with Gasteiger partial charge in [-0.05, 0) is 55.5 Å². The third kappa shape index (κ3) is 4.06. The number of aromatic nitrogens is 5. The molecule has 5 rings (SSSR count). The molecule has 1 aliphatic carbocycles. The lowest BCUT2D eigenvalue weighted by Crippen LogP contribution is -2.15. The standard InChI is InChI=1S/C23H24N6O2/c1-14(30)11-29-13-17(10-24-29)19-4-3-5-20(25-19)23(31)26-22-8-16-12-28(2)27-21(16)9-18(22)15-6-7-15/h3-5,8-10,12-15,30H,6-7,11H2,1-2H3,(H,26,31)/t14-/m0/s1. The number of aryl methyl sites for hydroxylation is 1. The number of rotatable bonds is 6. The zero-order valence-corrected chi connectivity index (χ0v) is 17.5. The zero-order chi connectivity index (χ0) is 21.5. The summed E-state index contributed by atoms with van der Waals surface area (Å²) in [6.45, 7) is 2.12. The van der Waals surface area contributed by atoms with Gasteiger partial charge in [0.2, 0.25) is 0 Å². The van der Waals surface area contributed by atoms with Gasteiger partial charge in [-0.15, -0.1) is 0 Å². The summed E-state index contributed by atoms with van der Waals surface area (Å²) in [4.78, 5) is 17.6. The highest BCUT2D eigenvalue weighted by Gasteiger charge is 2.28. The minimum Gasteiger partial charge on any atom is -0.391 e. The van der Waals surface area contributed by atoms with E-state index in [1.54, 1.807) is 28.6 Å². The van der Waals surface area contributed by atoms with Crippen molar-refractivity contribution < 1.29 is 9.90 Å². The number of carbonyl (C=O) groups is 1. The van der Waals surface area contributed by atoms with Crippen LogP contribution < -0.4 is 5.32 Å². The molecular formula is C23H24N6O2. The molecule has 0 spiro atoms. The Morgan fingerprint density at radius 2 is 2.13 bits per heavy atom. The molecule has 2 N–H and O–H groups in total. The van der Waals surface area contributed by atoms with E-state index in [1.807, 2.05) is 37.6 Å². The number of hydrogen-bond acceptors (Lipinski definition) is 5. The van der Waals surface area contributed by atoms with Crippen molar-refractivity contribution in [2.75, 3.05) is 5.32 Å². The second-order valence-electron chi connectivity index (χ2n) is 8.24. The molecule has 4 aromatic rings. The van der Waals surface area contributed by atoms with Gasteiger partial charge in [0.15, 0.2) is 0 Å². The van der Waals surface area contributed by atoms with Crippen LogP contribution in [0.5, 0.6) is 0 Å². The van der Waals surface area contributed by atoms with Crippen LogP contribution in [0.4, 0.5) is 5.69 Å². The molecule has 158 valence electrons. The molecule has 0 radical (unpaired) electrons. The highest BCUT2D eigenvalue weighted by Crippen LogP contribution is 2.44. The second-order valence-corrected chi connectivity index (χ2v) is 8.24. The maximum atomic E-state index is 13.0. The Morgan fingerprint density at radius 3 is 2.90 bits per heavy atom. The first-order valence-corrected chi connectivity index (χ1v) is 10.4. The summed E-state index contributed by atoms with van der Waals surface area (Å²) in [6.07, 6.45) is 7.23. The average Bonchev–Trinajstić information content (AvgIpc) is 3.37. The predicted octanol–water partition coefficient (Wildman–Crippen LogP) is 3.34. The van der Waals surface area contributed by atoms with Crippen molar-refractivity contribution in [1.82, 2.24) is 24.5 Å². The minimum absolute atomic E-state index is 0.247. The molecule has 1 aromatic carbocycles. The summed E-state index contributed by atoms with van der Waals surface area (Å²) >= 11 is 0. The Balaban J connectivity index is 1.42. The van der Waals surface area contributed by atoms with Crippen LogP contribution in [-0.2, 0) is 13.6 Å². The van der Waals surface area contributed by atoms with Crippen molar-refractivity contribution >= 4 is 22.5 Å². The fourth-order valence-electron chi connectivity index (χ4n) is 3.83. The molecule has 0 bridgehead atoms. The van der Waals surface area contributed by atoms with Crippen molar-refractivity contribution in [3.8, 4) is 11.3 Å². The first-order chi connectivity index (χ1) is 15.0. The van der Waals surface area contributed by atoms with Gasteiger partial charge in [-0.1, -0.05) is 6.07 Å². The van der Waals surface area contributed by atoms with Gasteiger partial charge in [-0.2, -0.15) is 10.2 Å². The first-order valence-electron chi connectivity index (χ1n) is 10.4. The third-order valence-corrected chi connectivity index (χ3v) is 5.42. The molecule has 1 saturated carbocycles. The molecule has 3 aromatic heterocycles. The lowest BCUT2D eigenvalue weighted by Gasteiger charge is -2.11. The van der Waals surface area contributed by atoms with Crippen LogP contribution >= 0.6 is 0 Å². The summed E-state index contributed by atoms with van der Waals surface area (Å²) in [5, 5.41) is 22.4. The number of nitrogens with one attached hydrogen (secondary N) is 1. The van der Waals surface area contributed by atoms with E-state index in [2.05, 4.69) is 26.6 Å². The lowest BCUT2D eigenvalue weighted by atomic mass is 10.1. The average molecular weight is 416 g/mol. The van der Waals surface area contributed by atoms with E-state index in [0.717, 1.165) is 40.6 Å². The van der Waals surface area contributed by atoms with Crippen LogP contribution in [0.25, 0.3) is 22.2 Å². The second kappa shape index (κ2) is 7.63. The Morgan fingerprint density at radius 1 is 1.29 bits per heavy atom. The number of aliphatic hydroxyl groups excluding tert-OH is 1. The van der Waals surface area contributed by atoms with Crippen LogP contribution in [0, 0.1) is 0 Å². The number of benzene rings is 1. The summed E-state index contributed by atoms with van der Waals surface area (Å²) in [5.41, 5.74) is 4.70. The van der Waals surface area contributed by atoms with Crippen LogP contribution in [-0.4, -0.2) is 41.7 Å². The van der Waals surface area contributed by atoms with Gasteiger partial charge in [0.25, 0.3) is 5.91 Å². The highest BCUT2D eigenvalue weighted by molar-refractivity contribution is 6.04. The van der Waals surface area contributed by atoms with Gasteiger partial charge in [-0.3, -0.25) is 14.2 Å². The molecule has 8 nitrogen and oxygen atoms in total. The molecule has 0 saturated heterocycles. The SMILES string of the molecule is C[C@H](O)Cn1cc(-c2cccc(C(=O)Nc3cc4cn(C)nc4cc3C3CC3)n2)cn1. The van der Waals surface area contributed by atoms with E-state index in [-0.39, 0.29) is 5.91 Å². The number of amides is 1. The Kier molecular flexibility index (Phi) is 4.78. The van der Waals surface area contributed by atoms with E-state index >= 15 is 0 Å². The molecule has 1 amide bonds. The van der Waals surface area contributed by atoms with E-state index in [0.29, 0.717) is 23.9 Å². The van der Waals surface area contributed by atoms with Gasteiger partial charge >= 0.3 is 0 Å². The molecule has 3 heterocycles. The van der Waals surface area contributed by atoms with Gasteiger partial charge in [0.1, 0.15) is 5.69 Å². The summed E-state index contributed by atoms with van der Waals surface area (Å²) in [6, 6.07) is 9.45. The van der Waals surface area contributed by atoms with Gasteiger partial charge in [0, 0.05) is 36.1 Å². The van der Waals surface area contributed by atoms with E-state index in [1.165, 1.54) is 0 Å². The maximum Gasteiger partial charge on any atom is 0.274 e. The smallest absolute Gasteiger partial charge is 0.274 e. The molecule has 31 heavy (non-hydrogen) atoms. The van der Waals surface area contributed by atoms with E-state index in [9.17, 15) is 9.90 Å². The molecule has 1 aliphatic rings. The van der Waals surface area contributed by atoms with Crippen LogP contribution in [0.3, 0.4) is 0 Å². The maximum absolute atomic E-state index is 13.0. The van der Waals surface area contributed by atoms with Crippen molar-refractivity contribution in [2.45, 2.75) is 38.3 Å². The Labute approximate surface area is 179 Å². The lowest BCUT2D eigenvalue weighted by molar-refractivity contribution is 0.102. The van der Waals surface area contributed by atoms with Gasteiger partial charge < -0.3 is 10.4 Å². The number of carbonyl (C=O) groups excluding carboxylic acids is 1. The van der Waals surface area contributed by atoms with Crippen molar-refractivity contribution in [2.24, 2.45) is 7.05 Å². The van der Waals surface area contributed by atoms with Crippen molar-refractivity contribution in [3.05, 3.63) is 60.2 Å². The summed E-state index contributed by atoms with van der Waals surface area (Å²) in [7, 11) is 1.90. The normalized spacial score (nSPS) is 14.7. The quantitative estimate of drug-likeness (QED) is 0.502. The van der Waals surface area contributed by atoms with Crippen LogP contribution in [0.1, 0.15) is 41.7 Å². The molecule has 1 atom stereocenters. The number of fused-ring (bicyclic) bond motifs is 1. The number of pyridine rings is 1. The highest BCUT2D eigenvalue weighted by atomic mass is 16.3. The Bertz CT molecular complexity index is 1270. The van der Waals surface area contributed by atoms with Crippen molar-refractivity contribution in [3.63, 3.8) is 0 Å². The fourth-order valence-corrected chi connectivity index (χ4v) is 3.83. The topological polar surface area (TPSA) is 97.9 Å². The predicted molar refractivity (Wildman–Crippen MR) is 118 cm³/mol. The van der Waals surface area contributed by atoms with Gasteiger partial charge in [-0.25, -0.2) is 4.98 Å². The number of anilines is 1. The molecular weight excluding hydrogens is 392 g/mol. The number of aliphatic hydroxyl groups is 1. The molecule has 1 fully saturated rings. The van der Waals surface area contributed by atoms with E-state index < -0.39 is 6.10 Å². The molecule has 0 unspecified atom stereocenters. The summed E-state index contributed by atoms with van der Waals surface area (Å²) in [5.74, 6) is 0.226. The van der Waals surface area contributed by atoms with Crippen LogP contribution in [0.15, 0.2) is 48.9 Å². The monoisotopic (exact) mass is 416 g/mol. The third-order valence-electron chi connectivity index (χ3n) is 5.42. The number of hydrogen-bond donors (Lipinski definition) is 2. The molecule has 8 heteroatoms. The van der Waals surface area contributed by atoms with Crippen molar-refractivity contribution in [1.29, 1.82) is 0 Å². The minimum atomic E-state index is -0.490. The first kappa shape index (κ1) is 19.4. The fraction of sp³-hybridized carbons (Fsp3) is 0.304. The zero-order valence-electron chi connectivity index (χ0n) is 17.5.